The highest BCUT2D eigenvalue weighted by molar-refractivity contribution is 5.99. The van der Waals surface area contributed by atoms with Gasteiger partial charge >= 0.3 is 0 Å². The zero-order valence-corrected chi connectivity index (χ0v) is 60.5. The Bertz CT molecular complexity index is 2470. The van der Waals surface area contributed by atoms with Crippen LogP contribution in [0.5, 0.6) is 0 Å². The van der Waals surface area contributed by atoms with Crippen molar-refractivity contribution in [2.45, 2.75) is 242 Å². The van der Waals surface area contributed by atoms with E-state index in [2.05, 4.69) is 21.3 Å². The van der Waals surface area contributed by atoms with Crippen LogP contribution in [0, 0.1) is 41.4 Å². The van der Waals surface area contributed by atoms with E-state index in [1.807, 2.05) is 61.5 Å². The summed E-state index contributed by atoms with van der Waals surface area (Å²) < 4.78 is 0. The van der Waals surface area contributed by atoms with Crippen molar-refractivity contribution in [2.75, 3.05) is 69.0 Å². The average Bonchev–Trinajstić information content (AvgIpc) is 0.850. The number of piperidine rings is 1. The molecule has 25 nitrogen and oxygen atoms in total. The van der Waals surface area contributed by atoms with E-state index < -0.39 is 156 Å². The van der Waals surface area contributed by atoms with E-state index >= 15 is 9.59 Å². The molecule has 92 heavy (non-hydrogen) atoms. The van der Waals surface area contributed by atoms with Crippen LogP contribution in [0.2, 0.25) is 0 Å². The number of carbonyl (C=O) groups is 11. The van der Waals surface area contributed by atoms with Gasteiger partial charge in [-0.1, -0.05) is 116 Å². The molecule has 25 heteroatoms. The van der Waals surface area contributed by atoms with Crippen LogP contribution in [-0.2, 0) is 52.7 Å². The van der Waals surface area contributed by atoms with Gasteiger partial charge in [-0.25, -0.2) is 0 Å². The van der Waals surface area contributed by atoms with Crippen LogP contribution >= 0.6 is 0 Å². The van der Waals surface area contributed by atoms with Crippen molar-refractivity contribution in [3.63, 3.8) is 0 Å². The summed E-state index contributed by atoms with van der Waals surface area (Å²) in [5.74, 6) is -9.71. The maximum absolute atomic E-state index is 15.1. The molecule has 0 saturated carbocycles. The summed E-state index contributed by atoms with van der Waals surface area (Å²) in [6.45, 7) is 31.1. The minimum atomic E-state index is -1.61. The predicted octanol–water partition coefficient (Wildman–Crippen LogP) is 4.13. The van der Waals surface area contributed by atoms with Gasteiger partial charge in [0.05, 0.1) is 12.6 Å². The van der Waals surface area contributed by atoms with Gasteiger partial charge in [-0.2, -0.15) is 5.06 Å². The highest BCUT2D eigenvalue weighted by Gasteiger charge is 2.46. The first-order valence-electron chi connectivity index (χ1n) is 33.4. The Labute approximate surface area is 551 Å². The Morgan fingerprint density at radius 2 is 0.891 bits per heavy atom. The summed E-state index contributed by atoms with van der Waals surface area (Å²) in [4.78, 5) is 169. The lowest BCUT2D eigenvalue weighted by Crippen LogP contribution is -2.63. The van der Waals surface area contributed by atoms with Gasteiger partial charge in [-0.15, -0.1) is 0 Å². The normalized spacial score (nSPS) is 26.8. The predicted molar refractivity (Wildman–Crippen MR) is 356 cm³/mol. The Morgan fingerprint density at radius 3 is 1.33 bits per heavy atom. The number of allylic oxidation sites excluding steroid dienone is 2. The Kier molecular flexibility index (Phi) is 36.0. The minimum absolute atomic E-state index is 0.0229. The lowest BCUT2D eigenvalue weighted by molar-refractivity contribution is -0.157. The van der Waals surface area contributed by atoms with Gasteiger partial charge in [0.15, 0.2) is 0 Å². The smallest absolute Gasteiger partial charge is 0.246 e. The van der Waals surface area contributed by atoms with Crippen molar-refractivity contribution >= 4 is 65.0 Å². The number of hydrogen-bond acceptors (Lipinski definition) is 14. The zero-order chi connectivity index (χ0) is 71.1. The lowest BCUT2D eigenvalue weighted by atomic mass is 9.91. The maximum Gasteiger partial charge on any atom is 0.246 e. The van der Waals surface area contributed by atoms with E-state index in [4.69, 9.17) is 5.21 Å². The van der Waals surface area contributed by atoms with Crippen molar-refractivity contribution in [1.29, 1.82) is 0 Å². The van der Waals surface area contributed by atoms with E-state index in [9.17, 15) is 48.3 Å². The highest BCUT2D eigenvalue weighted by atomic mass is 16.5. The van der Waals surface area contributed by atoms with Gasteiger partial charge in [0.25, 0.3) is 0 Å². The molecule has 0 radical (unpaired) electrons. The van der Waals surface area contributed by atoms with Crippen LogP contribution in [0.4, 0.5) is 0 Å². The fraction of sp³-hybridized carbons (Fsp3) is 0.806. The number of likely N-dealkylation sites (N-methyl/N-ethyl adjacent to an activating group) is 7. The molecular formula is C67H122N12O13. The second-order valence-corrected chi connectivity index (χ2v) is 28.1. The van der Waals surface area contributed by atoms with Crippen LogP contribution in [0.1, 0.15) is 175 Å². The number of amides is 11. The molecule has 2 heterocycles. The van der Waals surface area contributed by atoms with Gasteiger partial charge in [0.2, 0.25) is 65.0 Å². The standard InChI is InChI=1S/C62H111N11O12.C5H11NO/c1-25-27-28-40(15)52(75)51-56(79)65-43(26-2)58(81)67(18)33-48(74)68(19)44(29-34(3)4)55(78)66-49(38(11)12)61(84)69(20)45(30-35(5)6)54(77)63-41(16)53(76)64-42(17)57(80)70(21)46(31-36(7)8)59(82)71(22)47(32-37(9)10)60(83)72(23)50(39(13)14)62(85)73(51)24;7-6-4-2-1-3-5-6/h25,27,34-47,49-52,75H,26,28-33H2,1-24H3,(H,63,77)(H,64,76)(H,65,79)(H,66,78);7H,1-5H2/b27-25+;/t40-,41+,42-,43+,44+,45+,46+,47+,49+,50+,51+,52-;/m1./s1. The molecule has 0 aromatic heterocycles. The quantitative estimate of drug-likeness (QED) is 0.126. The summed E-state index contributed by atoms with van der Waals surface area (Å²) in [6.07, 6.45) is 6.66. The third-order valence-electron chi connectivity index (χ3n) is 17.4. The molecule has 2 aliphatic rings. The van der Waals surface area contributed by atoms with Crippen LogP contribution in [0.25, 0.3) is 0 Å². The monoisotopic (exact) mass is 1300 g/mol. The Morgan fingerprint density at radius 1 is 0.467 bits per heavy atom. The largest absolute Gasteiger partial charge is 0.390 e. The molecular weight excluding hydrogens is 1180 g/mol. The third kappa shape index (κ3) is 24.9. The number of hydrogen-bond donors (Lipinski definition) is 6. The summed E-state index contributed by atoms with van der Waals surface area (Å²) in [6, 6.07) is -12.3. The van der Waals surface area contributed by atoms with Crippen molar-refractivity contribution in [1.82, 2.24) is 60.6 Å². The molecule has 6 N–H and O–H groups in total. The molecule has 0 aromatic rings. The van der Waals surface area contributed by atoms with Gasteiger partial charge in [0.1, 0.15) is 60.4 Å². The molecule has 0 bridgehead atoms. The van der Waals surface area contributed by atoms with Gasteiger partial charge in [-0.3, -0.25) is 52.7 Å². The Hall–Kier alpha value is -6.21. The van der Waals surface area contributed by atoms with E-state index in [1.165, 1.54) is 99.2 Å². The molecule has 2 aliphatic heterocycles. The molecule has 528 valence electrons. The SMILES string of the molecule is C/C=C/C[C@@H](C)[C@@H](O)[C@H]1C(=O)N[C@@H](CC)C(=O)N(C)CC(=O)N(C)[C@@H](CC(C)C)C(=O)N[C@@H](C(C)C)C(=O)N(C)[C@@H](CC(C)C)C(=O)N[C@@H](C)C(=O)N[C@H](C)C(=O)N(C)[C@@H](CC(C)C)C(=O)N(C)[C@@H](CC(C)C)C(=O)N(C)[C@@H](C(C)C)C(=O)N1C.ON1CCCCC1. The van der Waals surface area contributed by atoms with Crippen molar-refractivity contribution in [3.8, 4) is 0 Å². The van der Waals surface area contributed by atoms with Crippen LogP contribution < -0.4 is 21.3 Å². The maximum atomic E-state index is 15.1. The van der Waals surface area contributed by atoms with Crippen LogP contribution in [0.15, 0.2) is 12.2 Å². The van der Waals surface area contributed by atoms with Gasteiger partial charge in [0, 0.05) is 62.4 Å². The highest BCUT2D eigenvalue weighted by Crippen LogP contribution is 2.26. The second kappa shape index (κ2) is 39.5. The molecule has 0 spiro atoms. The van der Waals surface area contributed by atoms with E-state index in [-0.39, 0.29) is 55.8 Å². The molecule has 11 amide bonds. The molecule has 2 saturated heterocycles. The van der Waals surface area contributed by atoms with Crippen molar-refractivity contribution in [2.24, 2.45) is 41.4 Å². The fourth-order valence-corrected chi connectivity index (χ4v) is 11.6. The molecule has 0 aromatic carbocycles. The van der Waals surface area contributed by atoms with Crippen LogP contribution in [0.3, 0.4) is 0 Å². The number of nitrogens with zero attached hydrogens (tertiary/aromatic N) is 8. The number of carbonyl (C=O) groups excluding carboxylic acids is 11. The third-order valence-corrected chi connectivity index (χ3v) is 17.4. The summed E-state index contributed by atoms with van der Waals surface area (Å²) in [5.41, 5.74) is 0. The fourth-order valence-electron chi connectivity index (χ4n) is 11.6. The zero-order valence-electron chi connectivity index (χ0n) is 60.5. The first-order valence-corrected chi connectivity index (χ1v) is 33.4. The molecule has 0 unspecified atom stereocenters. The number of nitrogens with one attached hydrogen (secondary N) is 4. The minimum Gasteiger partial charge on any atom is -0.390 e. The van der Waals surface area contributed by atoms with Crippen molar-refractivity contribution < 1.29 is 63.1 Å². The first-order chi connectivity index (χ1) is 42.6. The molecule has 2 rings (SSSR count). The van der Waals surface area contributed by atoms with Crippen LogP contribution in [-0.4, -0.2) is 250 Å². The molecule has 0 aliphatic carbocycles. The van der Waals surface area contributed by atoms with Crippen molar-refractivity contribution in [3.05, 3.63) is 12.2 Å². The summed E-state index contributed by atoms with van der Waals surface area (Å²) >= 11 is 0. The Balaban J connectivity index is 0.00000562. The summed E-state index contributed by atoms with van der Waals surface area (Å²) in [7, 11) is 9.92. The van der Waals surface area contributed by atoms with E-state index in [1.54, 1.807) is 54.5 Å². The second-order valence-electron chi connectivity index (χ2n) is 28.1. The van der Waals surface area contributed by atoms with E-state index in [0.29, 0.717) is 6.42 Å². The lowest BCUT2D eigenvalue weighted by Gasteiger charge is -2.41. The summed E-state index contributed by atoms with van der Waals surface area (Å²) in [5, 5.41) is 33.2. The van der Waals surface area contributed by atoms with Gasteiger partial charge in [-0.05, 0) is 114 Å². The van der Waals surface area contributed by atoms with E-state index in [0.717, 1.165) is 35.7 Å². The number of hydroxylamine groups is 2. The van der Waals surface area contributed by atoms with Gasteiger partial charge < -0.3 is 65.9 Å². The topological polar surface area (TPSA) is 302 Å². The molecule has 12 atom stereocenters. The first kappa shape index (κ1) is 83.8. The number of rotatable bonds is 15. The number of aliphatic hydroxyl groups is 1. The number of aliphatic hydroxyl groups excluding tert-OH is 1. The average molecular weight is 1300 g/mol. The molecule has 2 fully saturated rings.